The summed E-state index contributed by atoms with van der Waals surface area (Å²) in [7, 11) is 4.47. The van der Waals surface area contributed by atoms with E-state index >= 15 is 0 Å². The number of aliphatic imine (C=N–C) groups is 1. The topological polar surface area (TPSA) is 86.6 Å². The number of cyclic esters (lactones) is 1. The highest BCUT2D eigenvalue weighted by molar-refractivity contribution is 9.11. The van der Waals surface area contributed by atoms with Crippen molar-refractivity contribution in [3.8, 4) is 23.0 Å². The molecule has 0 amide bonds. The molecule has 0 bridgehead atoms. The minimum absolute atomic E-state index is 0.0139. The highest BCUT2D eigenvalue weighted by Gasteiger charge is 2.27. The van der Waals surface area contributed by atoms with E-state index in [9.17, 15) is 9.90 Å². The number of phenolic OH excluding ortho intramolecular Hbond substituents is 1. The summed E-state index contributed by atoms with van der Waals surface area (Å²) < 4.78 is 22.4. The van der Waals surface area contributed by atoms with Gasteiger partial charge < -0.3 is 24.1 Å². The first-order valence-corrected chi connectivity index (χ1v) is 9.47. The number of hydrogen-bond donors (Lipinski definition) is 1. The SMILES string of the molecule is COc1cc(C2=NC(=Cc3cc(Br)cc(Br)c3O)C(=O)O2)cc(OC)c1OC. The van der Waals surface area contributed by atoms with Gasteiger partial charge in [0.15, 0.2) is 17.2 Å². The first-order chi connectivity index (χ1) is 13.4. The Balaban J connectivity index is 2.06. The minimum atomic E-state index is -0.640. The summed E-state index contributed by atoms with van der Waals surface area (Å²) >= 11 is 6.60. The van der Waals surface area contributed by atoms with E-state index in [1.165, 1.54) is 27.4 Å². The normalized spacial score (nSPS) is 14.7. The number of carbonyl (C=O) groups excluding carboxylic acids is 1. The molecule has 1 aliphatic rings. The third kappa shape index (κ3) is 3.85. The van der Waals surface area contributed by atoms with Crippen molar-refractivity contribution >= 4 is 49.8 Å². The van der Waals surface area contributed by atoms with Gasteiger partial charge in [-0.1, -0.05) is 15.9 Å². The van der Waals surface area contributed by atoms with Crippen molar-refractivity contribution in [3.05, 3.63) is 50.0 Å². The van der Waals surface area contributed by atoms with Crippen LogP contribution in [0.15, 0.2) is 43.9 Å². The van der Waals surface area contributed by atoms with E-state index in [0.29, 0.717) is 32.8 Å². The lowest BCUT2D eigenvalue weighted by Gasteiger charge is -2.13. The molecule has 0 saturated carbocycles. The minimum Gasteiger partial charge on any atom is -0.506 e. The molecule has 0 spiro atoms. The van der Waals surface area contributed by atoms with Gasteiger partial charge >= 0.3 is 5.97 Å². The molecule has 1 N–H and O–H groups in total. The van der Waals surface area contributed by atoms with Gasteiger partial charge in [-0.15, -0.1) is 0 Å². The summed E-state index contributed by atoms with van der Waals surface area (Å²) in [5, 5.41) is 10.2. The van der Waals surface area contributed by atoms with Crippen LogP contribution in [0.2, 0.25) is 0 Å². The molecule has 0 saturated heterocycles. The molecule has 146 valence electrons. The van der Waals surface area contributed by atoms with Crippen molar-refractivity contribution in [2.24, 2.45) is 4.99 Å². The lowest BCUT2D eigenvalue weighted by molar-refractivity contribution is -0.129. The van der Waals surface area contributed by atoms with Crippen molar-refractivity contribution in [1.82, 2.24) is 0 Å². The van der Waals surface area contributed by atoms with E-state index in [2.05, 4.69) is 36.9 Å². The number of esters is 1. The molecule has 0 atom stereocenters. The quantitative estimate of drug-likeness (QED) is 0.475. The number of ether oxygens (including phenoxy) is 4. The Kier molecular flexibility index (Phi) is 5.95. The number of carbonyl (C=O) groups is 1. The van der Waals surface area contributed by atoms with Crippen molar-refractivity contribution in [3.63, 3.8) is 0 Å². The zero-order valence-corrected chi connectivity index (χ0v) is 18.3. The summed E-state index contributed by atoms with van der Waals surface area (Å²) in [6, 6.07) is 6.61. The van der Waals surface area contributed by atoms with Gasteiger partial charge in [-0.3, -0.25) is 0 Å². The first-order valence-electron chi connectivity index (χ1n) is 7.89. The van der Waals surface area contributed by atoms with Gasteiger partial charge in [0.2, 0.25) is 11.6 Å². The molecular weight excluding hydrogens is 498 g/mol. The third-order valence-electron chi connectivity index (χ3n) is 3.88. The van der Waals surface area contributed by atoms with Gasteiger partial charge in [-0.2, -0.15) is 0 Å². The van der Waals surface area contributed by atoms with Crippen LogP contribution < -0.4 is 14.2 Å². The fourth-order valence-corrected chi connectivity index (χ4v) is 3.84. The van der Waals surface area contributed by atoms with Crippen LogP contribution in [0.3, 0.4) is 0 Å². The average Bonchev–Trinajstić information content (AvgIpc) is 3.04. The number of methoxy groups -OCH3 is 3. The van der Waals surface area contributed by atoms with Gasteiger partial charge in [0, 0.05) is 15.6 Å². The third-order valence-corrected chi connectivity index (χ3v) is 4.94. The smallest absolute Gasteiger partial charge is 0.363 e. The van der Waals surface area contributed by atoms with Crippen LogP contribution in [-0.4, -0.2) is 38.3 Å². The Bertz CT molecular complexity index is 991. The van der Waals surface area contributed by atoms with Crippen LogP contribution in [-0.2, 0) is 9.53 Å². The second kappa shape index (κ2) is 8.24. The predicted molar refractivity (Wildman–Crippen MR) is 110 cm³/mol. The van der Waals surface area contributed by atoms with E-state index < -0.39 is 5.97 Å². The molecule has 0 fully saturated rings. The van der Waals surface area contributed by atoms with E-state index in [1.54, 1.807) is 24.3 Å². The second-order valence-electron chi connectivity index (χ2n) is 5.58. The van der Waals surface area contributed by atoms with Crippen LogP contribution in [0, 0.1) is 0 Å². The molecule has 1 aliphatic heterocycles. The summed E-state index contributed by atoms with van der Waals surface area (Å²) in [4.78, 5) is 16.5. The van der Waals surface area contributed by atoms with Gasteiger partial charge in [-0.25, -0.2) is 9.79 Å². The number of phenols is 1. The maximum atomic E-state index is 12.3. The second-order valence-corrected chi connectivity index (χ2v) is 7.35. The number of halogens is 2. The summed E-state index contributed by atoms with van der Waals surface area (Å²) in [6.45, 7) is 0. The fraction of sp³-hybridized carbons (Fsp3) is 0.158. The monoisotopic (exact) mass is 511 g/mol. The summed E-state index contributed by atoms with van der Waals surface area (Å²) in [5.41, 5.74) is 0.929. The van der Waals surface area contributed by atoms with Crippen molar-refractivity contribution in [2.75, 3.05) is 21.3 Å². The lowest BCUT2D eigenvalue weighted by atomic mass is 10.1. The molecule has 7 nitrogen and oxygen atoms in total. The van der Waals surface area contributed by atoms with Gasteiger partial charge in [0.1, 0.15) is 5.75 Å². The maximum absolute atomic E-state index is 12.3. The summed E-state index contributed by atoms with van der Waals surface area (Å²) in [6.07, 6.45) is 1.44. The van der Waals surface area contributed by atoms with E-state index in [4.69, 9.17) is 18.9 Å². The largest absolute Gasteiger partial charge is 0.506 e. The number of aromatic hydroxyl groups is 1. The Morgan fingerprint density at radius 2 is 1.68 bits per heavy atom. The summed E-state index contributed by atoms with van der Waals surface area (Å²) in [5.74, 6) is 0.657. The standard InChI is InChI=1S/C19H15Br2NO6/c1-25-14-6-10(7-15(26-2)17(14)27-3)18-22-13(19(24)28-18)5-9-4-11(20)8-12(21)16(9)23/h4-8,23H,1-3H3. The molecule has 2 aromatic rings. The number of hydrogen-bond acceptors (Lipinski definition) is 7. The first kappa shape index (κ1) is 20.2. The van der Waals surface area contributed by atoms with Gasteiger partial charge in [-0.05, 0) is 46.3 Å². The number of rotatable bonds is 5. The highest BCUT2D eigenvalue weighted by atomic mass is 79.9. The van der Waals surface area contributed by atoms with E-state index in [0.717, 1.165) is 4.47 Å². The highest BCUT2D eigenvalue weighted by Crippen LogP contribution is 2.39. The molecule has 1 heterocycles. The Hall–Kier alpha value is -2.52. The maximum Gasteiger partial charge on any atom is 0.363 e. The van der Waals surface area contributed by atoms with Crippen LogP contribution >= 0.6 is 31.9 Å². The molecule has 9 heteroatoms. The molecule has 28 heavy (non-hydrogen) atoms. The molecular formula is C19H15Br2NO6. The zero-order chi connectivity index (χ0) is 20.4. The van der Waals surface area contributed by atoms with E-state index in [-0.39, 0.29) is 17.3 Å². The van der Waals surface area contributed by atoms with Gasteiger partial charge in [0.25, 0.3) is 0 Å². The van der Waals surface area contributed by atoms with Crippen LogP contribution in [0.4, 0.5) is 0 Å². The average molecular weight is 513 g/mol. The van der Waals surface area contributed by atoms with Crippen LogP contribution in [0.25, 0.3) is 6.08 Å². The number of benzene rings is 2. The molecule has 0 aromatic heterocycles. The van der Waals surface area contributed by atoms with Crippen LogP contribution in [0.1, 0.15) is 11.1 Å². The van der Waals surface area contributed by atoms with Crippen molar-refractivity contribution < 1.29 is 28.8 Å². The molecule has 2 aromatic carbocycles. The molecule has 0 aliphatic carbocycles. The van der Waals surface area contributed by atoms with Crippen molar-refractivity contribution in [1.29, 1.82) is 0 Å². The predicted octanol–water partition coefficient (Wildman–Crippen LogP) is 4.29. The lowest BCUT2D eigenvalue weighted by Crippen LogP contribution is -2.06. The molecule has 0 unspecified atom stereocenters. The Morgan fingerprint density at radius 1 is 1.04 bits per heavy atom. The van der Waals surface area contributed by atoms with Crippen LogP contribution in [0.5, 0.6) is 23.0 Å². The van der Waals surface area contributed by atoms with Crippen molar-refractivity contribution in [2.45, 2.75) is 0 Å². The van der Waals surface area contributed by atoms with E-state index in [1.807, 2.05) is 0 Å². The zero-order valence-electron chi connectivity index (χ0n) is 15.1. The molecule has 0 radical (unpaired) electrons. The fourth-order valence-electron chi connectivity index (χ4n) is 2.58. The Morgan fingerprint density at radius 3 is 2.25 bits per heavy atom. The number of nitrogens with zero attached hydrogens (tertiary/aromatic N) is 1. The Labute approximate surface area is 177 Å². The van der Waals surface area contributed by atoms with Gasteiger partial charge in [0.05, 0.1) is 25.8 Å². The molecule has 3 rings (SSSR count).